The van der Waals surface area contributed by atoms with E-state index in [0.29, 0.717) is 6.42 Å². The van der Waals surface area contributed by atoms with E-state index >= 15 is 0 Å². The largest absolute Gasteiger partial charge is 0.303 e. The minimum atomic E-state index is -0.244. The van der Waals surface area contributed by atoms with E-state index in [1.165, 1.54) is 23.3 Å². The standard InChI is InChI=1S/C20H21FN2O/c1-19(9-10-24)8-7-15-11-18-14(12-20(15,19)2)13-22-23(18)17-5-3-16(21)4-6-17/h3-6,10-11,13H,7-9,12H2,1-2H3/t19-,20-/m0/s1. The van der Waals surface area contributed by atoms with Gasteiger partial charge in [-0.15, -0.1) is 0 Å². The average molecular weight is 324 g/mol. The Morgan fingerprint density at radius 1 is 1.29 bits per heavy atom. The summed E-state index contributed by atoms with van der Waals surface area (Å²) in [4.78, 5) is 11.2. The van der Waals surface area contributed by atoms with E-state index in [0.717, 1.165) is 36.9 Å². The van der Waals surface area contributed by atoms with Crippen molar-refractivity contribution in [2.45, 2.75) is 39.5 Å². The van der Waals surface area contributed by atoms with E-state index in [-0.39, 0.29) is 16.6 Å². The van der Waals surface area contributed by atoms with Gasteiger partial charge in [0.2, 0.25) is 0 Å². The van der Waals surface area contributed by atoms with Gasteiger partial charge in [0, 0.05) is 6.42 Å². The summed E-state index contributed by atoms with van der Waals surface area (Å²) in [5, 5.41) is 4.53. The number of carbonyl (C=O) groups excluding carboxylic acids is 1. The number of rotatable bonds is 3. The fraction of sp³-hybridized carbons (Fsp3) is 0.400. The summed E-state index contributed by atoms with van der Waals surface area (Å²) < 4.78 is 15.1. The molecule has 0 radical (unpaired) electrons. The lowest BCUT2D eigenvalue weighted by Crippen LogP contribution is -2.37. The first-order valence-electron chi connectivity index (χ1n) is 8.44. The van der Waals surface area contributed by atoms with E-state index in [4.69, 9.17) is 0 Å². The molecule has 1 aromatic carbocycles. The van der Waals surface area contributed by atoms with E-state index < -0.39 is 0 Å². The average Bonchev–Trinajstić information content (AvgIpc) is 3.06. The van der Waals surface area contributed by atoms with Gasteiger partial charge in [0.1, 0.15) is 12.1 Å². The molecule has 0 amide bonds. The molecule has 124 valence electrons. The number of aldehydes is 1. The van der Waals surface area contributed by atoms with Gasteiger partial charge < -0.3 is 4.79 Å². The Balaban J connectivity index is 1.78. The smallest absolute Gasteiger partial charge is 0.123 e. The zero-order chi connectivity index (χ0) is 16.9. The molecule has 0 unspecified atom stereocenters. The lowest BCUT2D eigenvalue weighted by Gasteiger charge is -2.43. The highest BCUT2D eigenvalue weighted by atomic mass is 19.1. The highest BCUT2D eigenvalue weighted by molar-refractivity contribution is 5.63. The predicted octanol–water partition coefficient (Wildman–Crippen LogP) is 4.35. The molecular formula is C20H21FN2O. The topological polar surface area (TPSA) is 34.9 Å². The normalized spacial score (nSPS) is 28.2. The van der Waals surface area contributed by atoms with Gasteiger partial charge in [-0.05, 0) is 66.0 Å². The predicted molar refractivity (Wildman–Crippen MR) is 91.3 cm³/mol. The minimum Gasteiger partial charge on any atom is -0.303 e. The number of halogens is 1. The molecule has 1 fully saturated rings. The Morgan fingerprint density at radius 3 is 2.75 bits per heavy atom. The van der Waals surface area contributed by atoms with Crippen LogP contribution in [0.1, 0.15) is 44.4 Å². The maximum Gasteiger partial charge on any atom is 0.123 e. The van der Waals surface area contributed by atoms with Crippen molar-refractivity contribution in [1.29, 1.82) is 0 Å². The first-order valence-corrected chi connectivity index (χ1v) is 8.44. The third kappa shape index (κ3) is 2.02. The van der Waals surface area contributed by atoms with Crippen LogP contribution in [0.5, 0.6) is 0 Å². The summed E-state index contributed by atoms with van der Waals surface area (Å²) in [6.07, 6.45) is 8.78. The molecular weight excluding hydrogens is 303 g/mol. The number of hydrogen-bond donors (Lipinski definition) is 0. The third-order valence-electron chi connectivity index (χ3n) is 6.33. The Kier molecular flexibility index (Phi) is 3.27. The molecule has 0 bridgehead atoms. The molecule has 4 rings (SSSR count). The molecule has 3 nitrogen and oxygen atoms in total. The molecule has 2 aliphatic rings. The molecule has 2 atom stereocenters. The molecule has 0 aliphatic heterocycles. The van der Waals surface area contributed by atoms with Crippen molar-refractivity contribution in [3.8, 4) is 5.69 Å². The zero-order valence-electron chi connectivity index (χ0n) is 14.1. The SMILES string of the molecule is C[C@@]1(CC=O)CCC2=Cc3c(cnn3-c3ccc(F)cc3)C[C@@]21C. The zero-order valence-corrected chi connectivity index (χ0v) is 14.1. The molecule has 4 heteroatoms. The lowest BCUT2D eigenvalue weighted by atomic mass is 9.61. The van der Waals surface area contributed by atoms with Crippen LogP contribution >= 0.6 is 0 Å². The lowest BCUT2D eigenvalue weighted by molar-refractivity contribution is -0.110. The van der Waals surface area contributed by atoms with Gasteiger partial charge >= 0.3 is 0 Å². The van der Waals surface area contributed by atoms with Crippen LogP contribution in [-0.2, 0) is 11.2 Å². The van der Waals surface area contributed by atoms with Gasteiger partial charge in [0.15, 0.2) is 0 Å². The van der Waals surface area contributed by atoms with Crippen LogP contribution in [0.4, 0.5) is 4.39 Å². The van der Waals surface area contributed by atoms with Crippen molar-refractivity contribution in [3.63, 3.8) is 0 Å². The second kappa shape index (κ2) is 5.13. The molecule has 1 aromatic heterocycles. The highest BCUT2D eigenvalue weighted by Gasteiger charge is 2.52. The van der Waals surface area contributed by atoms with Crippen LogP contribution in [0.25, 0.3) is 11.8 Å². The molecule has 0 N–H and O–H groups in total. The maximum absolute atomic E-state index is 13.2. The Labute approximate surface area is 141 Å². The van der Waals surface area contributed by atoms with Crippen LogP contribution in [-0.4, -0.2) is 16.1 Å². The second-order valence-electron chi connectivity index (χ2n) is 7.55. The van der Waals surface area contributed by atoms with Gasteiger partial charge in [-0.2, -0.15) is 5.10 Å². The number of benzene rings is 1. The molecule has 24 heavy (non-hydrogen) atoms. The van der Waals surface area contributed by atoms with Crippen LogP contribution in [0.3, 0.4) is 0 Å². The number of hydrogen-bond acceptors (Lipinski definition) is 2. The van der Waals surface area contributed by atoms with Crippen LogP contribution in [0.2, 0.25) is 0 Å². The quantitative estimate of drug-likeness (QED) is 0.787. The molecule has 2 aromatic rings. The molecule has 1 saturated carbocycles. The van der Waals surface area contributed by atoms with E-state index in [1.54, 1.807) is 12.1 Å². The van der Waals surface area contributed by atoms with Gasteiger partial charge in [0.25, 0.3) is 0 Å². The number of aromatic nitrogens is 2. The van der Waals surface area contributed by atoms with Gasteiger partial charge in [-0.1, -0.05) is 19.4 Å². The molecule has 1 heterocycles. The number of allylic oxidation sites excluding steroid dienone is 1. The molecule has 0 saturated heterocycles. The highest BCUT2D eigenvalue weighted by Crippen LogP contribution is 2.61. The minimum absolute atomic E-state index is 0.0102. The van der Waals surface area contributed by atoms with Gasteiger partial charge in [0.05, 0.1) is 17.6 Å². The van der Waals surface area contributed by atoms with Crippen molar-refractivity contribution < 1.29 is 9.18 Å². The van der Waals surface area contributed by atoms with Crippen molar-refractivity contribution in [2.75, 3.05) is 0 Å². The fourth-order valence-corrected chi connectivity index (χ4v) is 4.44. The fourth-order valence-electron chi connectivity index (χ4n) is 4.44. The van der Waals surface area contributed by atoms with E-state index in [1.807, 2.05) is 10.9 Å². The van der Waals surface area contributed by atoms with Crippen molar-refractivity contribution in [2.24, 2.45) is 10.8 Å². The van der Waals surface area contributed by atoms with Crippen LogP contribution in [0.15, 0.2) is 36.0 Å². The van der Waals surface area contributed by atoms with E-state index in [2.05, 4.69) is 25.0 Å². The first-order chi connectivity index (χ1) is 11.5. The molecule has 0 spiro atoms. The second-order valence-corrected chi connectivity index (χ2v) is 7.55. The first kappa shape index (κ1) is 15.3. The monoisotopic (exact) mass is 324 g/mol. The number of nitrogens with zero attached hydrogens (tertiary/aromatic N) is 2. The van der Waals surface area contributed by atoms with E-state index in [9.17, 15) is 9.18 Å². The number of fused-ring (bicyclic) bond motifs is 2. The Hall–Kier alpha value is -2.23. The van der Waals surface area contributed by atoms with Gasteiger partial charge in [-0.25, -0.2) is 9.07 Å². The number of carbonyl (C=O) groups is 1. The summed E-state index contributed by atoms with van der Waals surface area (Å²) in [7, 11) is 0. The summed E-state index contributed by atoms with van der Waals surface area (Å²) in [5.74, 6) is -0.244. The summed E-state index contributed by atoms with van der Waals surface area (Å²) in [6.45, 7) is 4.52. The third-order valence-corrected chi connectivity index (χ3v) is 6.33. The van der Waals surface area contributed by atoms with Crippen LogP contribution < -0.4 is 0 Å². The summed E-state index contributed by atoms with van der Waals surface area (Å²) in [5.41, 5.74) is 4.58. The maximum atomic E-state index is 13.2. The van der Waals surface area contributed by atoms with Gasteiger partial charge in [-0.3, -0.25) is 0 Å². The Morgan fingerprint density at radius 2 is 2.04 bits per heavy atom. The molecule has 2 aliphatic carbocycles. The van der Waals surface area contributed by atoms with Crippen molar-refractivity contribution >= 4 is 12.4 Å². The summed E-state index contributed by atoms with van der Waals surface area (Å²) in [6, 6.07) is 6.42. The van der Waals surface area contributed by atoms with Crippen LogP contribution in [0, 0.1) is 16.6 Å². The van der Waals surface area contributed by atoms with Crippen molar-refractivity contribution in [1.82, 2.24) is 9.78 Å². The Bertz CT molecular complexity index is 836. The summed E-state index contributed by atoms with van der Waals surface area (Å²) >= 11 is 0. The van der Waals surface area contributed by atoms with Crippen molar-refractivity contribution in [3.05, 3.63) is 53.1 Å².